The summed E-state index contributed by atoms with van der Waals surface area (Å²) >= 11 is 2.18. The zero-order valence-electron chi connectivity index (χ0n) is 7.64. The first-order chi connectivity index (χ1) is 6.20. The Balaban J connectivity index is 2.41. The van der Waals surface area contributed by atoms with Crippen molar-refractivity contribution in [1.29, 1.82) is 0 Å². The van der Waals surface area contributed by atoms with Crippen molar-refractivity contribution < 1.29 is 4.79 Å². The molecule has 3 heteroatoms. The fourth-order valence-corrected chi connectivity index (χ4v) is 2.41. The zero-order valence-corrected chi connectivity index (χ0v) is 9.80. The Morgan fingerprint density at radius 2 is 2.08 bits per heavy atom. The van der Waals surface area contributed by atoms with Crippen LogP contribution in [0.15, 0.2) is 16.3 Å². The van der Waals surface area contributed by atoms with Crippen LogP contribution in [0, 0.1) is 0 Å². The molecule has 0 amide bonds. The number of hydrogen-bond acceptors (Lipinski definition) is 2. The SMILES string of the molecule is CC1=NC2=C(CCCC2)C(=O)C1I. The first kappa shape index (κ1) is 9.37. The van der Waals surface area contributed by atoms with Crippen LogP contribution >= 0.6 is 22.6 Å². The Morgan fingerprint density at radius 3 is 2.85 bits per heavy atom. The van der Waals surface area contributed by atoms with Gasteiger partial charge >= 0.3 is 0 Å². The van der Waals surface area contributed by atoms with Crippen molar-refractivity contribution in [2.24, 2.45) is 4.99 Å². The molecule has 0 saturated carbocycles. The second kappa shape index (κ2) is 3.52. The zero-order chi connectivity index (χ0) is 9.42. The lowest BCUT2D eigenvalue weighted by Crippen LogP contribution is -2.29. The second-order valence-corrected chi connectivity index (χ2v) is 4.86. The number of ketones is 1. The molecule has 1 aliphatic carbocycles. The fourth-order valence-electron chi connectivity index (χ4n) is 1.89. The van der Waals surface area contributed by atoms with E-state index in [9.17, 15) is 4.79 Å². The van der Waals surface area contributed by atoms with E-state index in [4.69, 9.17) is 0 Å². The number of carbonyl (C=O) groups is 1. The summed E-state index contributed by atoms with van der Waals surface area (Å²) in [5, 5.41) is 0. The van der Waals surface area contributed by atoms with Crippen LogP contribution in [0.2, 0.25) is 0 Å². The minimum absolute atomic E-state index is 0.00514. The van der Waals surface area contributed by atoms with E-state index < -0.39 is 0 Å². The Bertz CT molecular complexity index is 317. The minimum atomic E-state index is -0.00514. The molecule has 1 unspecified atom stereocenters. The van der Waals surface area contributed by atoms with Gasteiger partial charge in [-0.3, -0.25) is 9.79 Å². The molecule has 1 aliphatic heterocycles. The van der Waals surface area contributed by atoms with E-state index in [1.807, 2.05) is 6.92 Å². The molecule has 0 saturated heterocycles. The highest BCUT2D eigenvalue weighted by Gasteiger charge is 2.29. The summed E-state index contributed by atoms with van der Waals surface area (Å²) in [5.41, 5.74) is 3.06. The highest BCUT2D eigenvalue weighted by atomic mass is 127. The number of alkyl halides is 1. The van der Waals surface area contributed by atoms with Gasteiger partial charge in [0.1, 0.15) is 3.92 Å². The van der Waals surface area contributed by atoms with Crippen LogP contribution < -0.4 is 0 Å². The summed E-state index contributed by atoms with van der Waals surface area (Å²) in [7, 11) is 0. The minimum Gasteiger partial charge on any atom is -0.293 e. The molecule has 1 atom stereocenters. The summed E-state index contributed by atoms with van der Waals surface area (Å²) in [6.07, 6.45) is 4.30. The molecule has 0 bridgehead atoms. The first-order valence-electron chi connectivity index (χ1n) is 4.65. The Kier molecular flexibility index (Phi) is 2.53. The smallest absolute Gasteiger partial charge is 0.179 e. The summed E-state index contributed by atoms with van der Waals surface area (Å²) < 4.78 is -0.00514. The van der Waals surface area contributed by atoms with Crippen molar-refractivity contribution in [3.8, 4) is 0 Å². The third-order valence-electron chi connectivity index (χ3n) is 2.64. The molecule has 0 aromatic heterocycles. The number of carbonyl (C=O) groups excluding carboxylic acids is 1. The number of aliphatic imine (C=N–C) groups is 1. The summed E-state index contributed by atoms with van der Waals surface area (Å²) in [5.74, 6) is 0.308. The van der Waals surface area contributed by atoms with Crippen molar-refractivity contribution in [1.82, 2.24) is 0 Å². The van der Waals surface area contributed by atoms with E-state index in [1.165, 1.54) is 6.42 Å². The largest absolute Gasteiger partial charge is 0.293 e. The molecule has 0 spiro atoms. The normalized spacial score (nSPS) is 28.6. The predicted octanol–water partition coefficient (Wildman–Crippen LogP) is 2.66. The van der Waals surface area contributed by atoms with Gasteiger partial charge in [0.2, 0.25) is 0 Å². The third-order valence-corrected chi connectivity index (χ3v) is 4.11. The Morgan fingerprint density at radius 1 is 1.38 bits per heavy atom. The van der Waals surface area contributed by atoms with Crippen LogP contribution in [0.4, 0.5) is 0 Å². The lowest BCUT2D eigenvalue weighted by atomic mass is 9.89. The van der Waals surface area contributed by atoms with Gasteiger partial charge in [0.15, 0.2) is 5.78 Å². The lowest BCUT2D eigenvalue weighted by Gasteiger charge is -2.23. The molecule has 70 valence electrons. The van der Waals surface area contributed by atoms with Gasteiger partial charge < -0.3 is 0 Å². The first-order valence-corrected chi connectivity index (χ1v) is 5.90. The second-order valence-electron chi connectivity index (χ2n) is 3.61. The third kappa shape index (κ3) is 1.58. The number of nitrogens with zero attached hydrogens (tertiary/aromatic N) is 1. The molecule has 0 aromatic carbocycles. The highest BCUT2D eigenvalue weighted by Crippen LogP contribution is 2.32. The molecule has 0 N–H and O–H groups in total. The van der Waals surface area contributed by atoms with Crippen LogP contribution in [0.1, 0.15) is 32.6 Å². The van der Waals surface area contributed by atoms with Crippen LogP contribution in [0.25, 0.3) is 0 Å². The lowest BCUT2D eigenvalue weighted by molar-refractivity contribution is -0.114. The number of hydrogen-bond donors (Lipinski definition) is 0. The monoisotopic (exact) mass is 289 g/mol. The van der Waals surface area contributed by atoms with Gasteiger partial charge in [-0.1, -0.05) is 22.6 Å². The van der Waals surface area contributed by atoms with Crippen molar-refractivity contribution in [3.05, 3.63) is 11.3 Å². The van der Waals surface area contributed by atoms with Crippen molar-refractivity contribution in [2.45, 2.75) is 36.5 Å². The van der Waals surface area contributed by atoms with Gasteiger partial charge in [-0.05, 0) is 32.6 Å². The summed E-state index contributed by atoms with van der Waals surface area (Å²) in [6, 6.07) is 0. The van der Waals surface area contributed by atoms with Gasteiger partial charge in [0.25, 0.3) is 0 Å². The maximum absolute atomic E-state index is 11.8. The molecule has 0 radical (unpaired) electrons. The van der Waals surface area contributed by atoms with Crippen molar-refractivity contribution in [3.63, 3.8) is 0 Å². The van der Waals surface area contributed by atoms with Gasteiger partial charge in [0, 0.05) is 17.0 Å². The van der Waals surface area contributed by atoms with Crippen LogP contribution in [0.3, 0.4) is 0 Å². The molecule has 1 heterocycles. The predicted molar refractivity (Wildman–Crippen MR) is 61.4 cm³/mol. The number of allylic oxidation sites excluding steroid dienone is 2. The number of halogens is 1. The standard InChI is InChI=1S/C10H12INO/c1-6-9(11)10(13)7-4-2-3-5-8(7)12-6/h9H,2-5H2,1H3. The van der Waals surface area contributed by atoms with E-state index in [2.05, 4.69) is 27.6 Å². The number of Topliss-reactive ketones (excluding diaryl/α,β-unsaturated/α-hetero) is 1. The molecule has 2 rings (SSSR count). The summed E-state index contributed by atoms with van der Waals surface area (Å²) in [4.78, 5) is 16.3. The van der Waals surface area contributed by atoms with E-state index >= 15 is 0 Å². The molecule has 0 fully saturated rings. The van der Waals surface area contributed by atoms with Gasteiger partial charge in [-0.2, -0.15) is 0 Å². The van der Waals surface area contributed by atoms with Crippen molar-refractivity contribution >= 4 is 34.1 Å². The molecule has 2 aliphatic rings. The average Bonchev–Trinajstić information content (AvgIpc) is 2.15. The van der Waals surface area contributed by atoms with Gasteiger partial charge in [-0.25, -0.2) is 0 Å². The quantitative estimate of drug-likeness (QED) is 0.498. The van der Waals surface area contributed by atoms with Crippen LogP contribution in [-0.2, 0) is 4.79 Å². The van der Waals surface area contributed by atoms with Gasteiger partial charge in [0.05, 0.1) is 0 Å². The van der Waals surface area contributed by atoms with E-state index in [0.29, 0.717) is 5.78 Å². The Hall–Kier alpha value is -0.190. The topological polar surface area (TPSA) is 29.4 Å². The molecular formula is C10H12INO. The fraction of sp³-hybridized carbons (Fsp3) is 0.600. The maximum atomic E-state index is 11.8. The van der Waals surface area contributed by atoms with Crippen molar-refractivity contribution in [2.75, 3.05) is 0 Å². The highest BCUT2D eigenvalue weighted by molar-refractivity contribution is 14.1. The van der Waals surface area contributed by atoms with Crippen LogP contribution in [0.5, 0.6) is 0 Å². The molecular weight excluding hydrogens is 277 g/mol. The average molecular weight is 289 g/mol. The molecule has 2 nitrogen and oxygen atoms in total. The van der Waals surface area contributed by atoms with E-state index in [0.717, 1.165) is 36.2 Å². The molecule has 13 heavy (non-hydrogen) atoms. The maximum Gasteiger partial charge on any atom is 0.179 e. The summed E-state index contributed by atoms with van der Waals surface area (Å²) in [6.45, 7) is 1.95. The number of rotatable bonds is 0. The van der Waals surface area contributed by atoms with Gasteiger partial charge in [-0.15, -0.1) is 0 Å². The van der Waals surface area contributed by atoms with Crippen LogP contribution in [-0.4, -0.2) is 15.4 Å². The van der Waals surface area contributed by atoms with E-state index in [1.54, 1.807) is 0 Å². The molecule has 0 aromatic rings. The van der Waals surface area contributed by atoms with E-state index in [-0.39, 0.29) is 3.92 Å². The Labute approximate surface area is 91.6 Å².